The van der Waals surface area contributed by atoms with Gasteiger partial charge in [-0.25, -0.2) is 14.2 Å². The lowest BCUT2D eigenvalue weighted by atomic mass is 10.2. The number of aromatic amines is 1. The van der Waals surface area contributed by atoms with Crippen LogP contribution in [-0.2, 0) is 13.2 Å². The monoisotopic (exact) mass is 563 g/mol. The van der Waals surface area contributed by atoms with Crippen molar-refractivity contribution in [3.63, 3.8) is 0 Å². The first kappa shape index (κ1) is 24.2. The number of hydrogen-bond donors (Lipinski definition) is 2. The zero-order chi connectivity index (χ0) is 24.1. The number of nitrogens with zero attached hydrogens (tertiary/aromatic N) is 3. The molecule has 2 aromatic carbocycles. The van der Waals surface area contributed by atoms with E-state index in [2.05, 4.69) is 36.5 Å². The average molecular weight is 565 g/mol. The maximum Gasteiger partial charge on any atom is 0.214 e. The SMILES string of the molecule is CCOc1cc(CNn2c(-c3ccncc3)n[nH]c2=S)cc(Br)c1OCc1ccc(F)cc1Cl. The van der Waals surface area contributed by atoms with Gasteiger partial charge in [0.05, 0.1) is 22.6 Å². The van der Waals surface area contributed by atoms with Gasteiger partial charge in [-0.05, 0) is 77.0 Å². The molecule has 4 rings (SSSR count). The minimum absolute atomic E-state index is 0.162. The molecule has 0 unspecified atom stereocenters. The van der Waals surface area contributed by atoms with Gasteiger partial charge in [-0.2, -0.15) is 5.10 Å². The van der Waals surface area contributed by atoms with Gasteiger partial charge in [0.25, 0.3) is 0 Å². The molecule has 0 aliphatic carbocycles. The Kier molecular flexibility index (Phi) is 7.81. The van der Waals surface area contributed by atoms with Crippen LogP contribution < -0.4 is 14.9 Å². The fourth-order valence-corrected chi connectivity index (χ4v) is 4.25. The number of benzene rings is 2. The predicted molar refractivity (Wildman–Crippen MR) is 135 cm³/mol. The summed E-state index contributed by atoms with van der Waals surface area (Å²) in [4.78, 5) is 4.04. The molecule has 0 amide bonds. The molecule has 0 fully saturated rings. The van der Waals surface area contributed by atoms with Gasteiger partial charge in [0, 0.05) is 23.5 Å². The van der Waals surface area contributed by atoms with Crippen LogP contribution in [0.15, 0.2) is 59.3 Å². The highest BCUT2D eigenvalue weighted by Crippen LogP contribution is 2.38. The van der Waals surface area contributed by atoms with Crippen LogP contribution in [0.4, 0.5) is 4.39 Å². The minimum Gasteiger partial charge on any atom is -0.490 e. The van der Waals surface area contributed by atoms with Crippen molar-refractivity contribution in [2.45, 2.75) is 20.1 Å². The summed E-state index contributed by atoms with van der Waals surface area (Å²) in [7, 11) is 0. The molecule has 2 N–H and O–H groups in total. The molecule has 2 heterocycles. The number of H-pyrrole nitrogens is 1. The fraction of sp³-hybridized carbons (Fsp3) is 0.174. The van der Waals surface area contributed by atoms with Crippen LogP contribution >= 0.6 is 39.7 Å². The maximum absolute atomic E-state index is 13.3. The molecular formula is C23H20BrClFN5O2S. The zero-order valence-corrected chi connectivity index (χ0v) is 21.2. The van der Waals surface area contributed by atoms with E-state index in [1.165, 1.54) is 12.1 Å². The molecule has 4 aromatic rings. The smallest absolute Gasteiger partial charge is 0.214 e. The van der Waals surface area contributed by atoms with Crippen molar-refractivity contribution < 1.29 is 13.9 Å². The second-order valence-electron chi connectivity index (χ2n) is 7.12. The number of aromatic nitrogens is 4. The van der Waals surface area contributed by atoms with Gasteiger partial charge in [0.1, 0.15) is 12.4 Å². The summed E-state index contributed by atoms with van der Waals surface area (Å²) in [5.41, 5.74) is 5.75. The maximum atomic E-state index is 13.3. The molecule has 34 heavy (non-hydrogen) atoms. The van der Waals surface area contributed by atoms with E-state index in [0.717, 1.165) is 11.1 Å². The van der Waals surface area contributed by atoms with Crippen LogP contribution in [0, 0.1) is 10.6 Å². The van der Waals surface area contributed by atoms with Gasteiger partial charge in [-0.3, -0.25) is 4.98 Å². The average Bonchev–Trinajstić information content (AvgIpc) is 3.19. The third-order valence-corrected chi connectivity index (χ3v) is 6.02. The van der Waals surface area contributed by atoms with E-state index in [-0.39, 0.29) is 6.61 Å². The number of rotatable bonds is 9. The van der Waals surface area contributed by atoms with Crippen LogP contribution in [0.25, 0.3) is 11.4 Å². The molecule has 0 saturated heterocycles. The van der Waals surface area contributed by atoms with Crippen molar-refractivity contribution >= 4 is 39.7 Å². The molecule has 2 aromatic heterocycles. The molecule has 0 spiro atoms. The molecule has 0 saturated carbocycles. The van der Waals surface area contributed by atoms with Crippen molar-refractivity contribution in [3.8, 4) is 22.9 Å². The Morgan fingerprint density at radius 3 is 2.71 bits per heavy atom. The lowest BCUT2D eigenvalue weighted by Crippen LogP contribution is -2.16. The highest BCUT2D eigenvalue weighted by molar-refractivity contribution is 9.10. The van der Waals surface area contributed by atoms with Crippen molar-refractivity contribution in [2.24, 2.45) is 0 Å². The first-order valence-electron chi connectivity index (χ1n) is 10.3. The lowest BCUT2D eigenvalue weighted by molar-refractivity contribution is 0.267. The second kappa shape index (κ2) is 11.0. The van der Waals surface area contributed by atoms with Crippen LogP contribution in [0.1, 0.15) is 18.1 Å². The molecule has 176 valence electrons. The van der Waals surface area contributed by atoms with E-state index >= 15 is 0 Å². The van der Waals surface area contributed by atoms with Gasteiger partial charge < -0.3 is 14.9 Å². The number of nitrogens with one attached hydrogen (secondary N) is 2. The number of halogens is 3. The van der Waals surface area contributed by atoms with Gasteiger partial charge in [0.2, 0.25) is 4.77 Å². The fourth-order valence-electron chi connectivity index (χ4n) is 3.22. The normalized spacial score (nSPS) is 10.8. The third-order valence-electron chi connectivity index (χ3n) is 4.81. The summed E-state index contributed by atoms with van der Waals surface area (Å²) < 4.78 is 28.0. The van der Waals surface area contributed by atoms with Gasteiger partial charge in [0.15, 0.2) is 17.3 Å². The molecule has 0 radical (unpaired) electrons. The summed E-state index contributed by atoms with van der Waals surface area (Å²) in [5.74, 6) is 1.35. The molecule has 0 aliphatic heterocycles. The highest BCUT2D eigenvalue weighted by Gasteiger charge is 2.15. The van der Waals surface area contributed by atoms with Crippen LogP contribution in [0.5, 0.6) is 11.5 Å². The molecule has 0 bridgehead atoms. The zero-order valence-electron chi connectivity index (χ0n) is 18.0. The summed E-state index contributed by atoms with van der Waals surface area (Å²) in [6.07, 6.45) is 3.39. The summed E-state index contributed by atoms with van der Waals surface area (Å²) >= 11 is 15.1. The lowest BCUT2D eigenvalue weighted by Gasteiger charge is -2.17. The Morgan fingerprint density at radius 2 is 1.97 bits per heavy atom. The minimum atomic E-state index is -0.397. The van der Waals surface area contributed by atoms with Gasteiger partial charge >= 0.3 is 0 Å². The van der Waals surface area contributed by atoms with E-state index < -0.39 is 5.82 Å². The van der Waals surface area contributed by atoms with Crippen molar-refractivity contribution in [1.29, 1.82) is 0 Å². The first-order chi connectivity index (χ1) is 16.5. The van der Waals surface area contributed by atoms with E-state index in [9.17, 15) is 4.39 Å². The van der Waals surface area contributed by atoms with E-state index in [1.807, 2.05) is 31.2 Å². The number of hydrogen-bond acceptors (Lipinski definition) is 6. The van der Waals surface area contributed by atoms with Gasteiger partial charge in [-0.1, -0.05) is 17.7 Å². The first-order valence-corrected chi connectivity index (χ1v) is 11.9. The Labute approximate surface area is 214 Å². The molecule has 7 nitrogen and oxygen atoms in total. The number of pyridine rings is 1. The van der Waals surface area contributed by atoms with Crippen molar-refractivity contribution in [3.05, 3.63) is 86.1 Å². The Hall–Kier alpha value is -2.95. The van der Waals surface area contributed by atoms with E-state index in [1.54, 1.807) is 23.1 Å². The quantitative estimate of drug-likeness (QED) is 0.233. The third kappa shape index (κ3) is 5.57. The van der Waals surface area contributed by atoms with E-state index in [0.29, 0.717) is 50.3 Å². The Bertz CT molecular complexity index is 1350. The molecule has 11 heteroatoms. The largest absolute Gasteiger partial charge is 0.490 e. The predicted octanol–water partition coefficient (Wildman–Crippen LogP) is 6.28. The molecule has 0 atom stereocenters. The topological polar surface area (TPSA) is 77.0 Å². The standard InChI is InChI=1S/C23H20BrClFN5O2S/c1-2-32-20-10-14(9-18(24)21(20)33-13-16-3-4-17(26)11-19(16)25)12-28-31-22(29-30-23(31)34)15-5-7-27-8-6-15/h3-11,28H,2,12-13H2,1H3,(H,30,34). The summed E-state index contributed by atoms with van der Waals surface area (Å²) in [6.45, 7) is 2.95. The number of ether oxygens (including phenoxy) is 2. The van der Waals surface area contributed by atoms with Crippen molar-refractivity contribution in [2.75, 3.05) is 12.0 Å². The van der Waals surface area contributed by atoms with Crippen LogP contribution in [0.2, 0.25) is 5.02 Å². The second-order valence-corrected chi connectivity index (χ2v) is 8.77. The van der Waals surface area contributed by atoms with Crippen molar-refractivity contribution in [1.82, 2.24) is 19.9 Å². The summed E-state index contributed by atoms with van der Waals surface area (Å²) in [6, 6.07) is 11.7. The molecular weight excluding hydrogens is 545 g/mol. The summed E-state index contributed by atoms with van der Waals surface area (Å²) in [5, 5.41) is 7.42. The Morgan fingerprint density at radius 1 is 1.18 bits per heavy atom. The van der Waals surface area contributed by atoms with E-state index in [4.69, 9.17) is 33.3 Å². The highest BCUT2D eigenvalue weighted by atomic mass is 79.9. The Balaban J connectivity index is 1.54. The molecule has 0 aliphatic rings. The van der Waals surface area contributed by atoms with Gasteiger partial charge in [-0.15, -0.1) is 0 Å². The van der Waals surface area contributed by atoms with Crippen LogP contribution in [-0.4, -0.2) is 26.5 Å². The van der Waals surface area contributed by atoms with Crippen LogP contribution in [0.3, 0.4) is 0 Å².